The molecule has 2 aliphatic heterocycles. The van der Waals surface area contributed by atoms with Crippen molar-refractivity contribution >= 4 is 5.91 Å². The highest BCUT2D eigenvalue weighted by molar-refractivity contribution is 5.82. The molecule has 1 unspecified atom stereocenters. The molecule has 1 fully saturated rings. The summed E-state index contributed by atoms with van der Waals surface area (Å²) in [7, 11) is 1.69. The molecule has 1 atom stereocenters. The van der Waals surface area contributed by atoms with Crippen LogP contribution >= 0.6 is 0 Å². The number of carbonyl (C=O) groups is 1. The van der Waals surface area contributed by atoms with Crippen LogP contribution < -0.4 is 10.5 Å². The van der Waals surface area contributed by atoms with Gasteiger partial charge >= 0.3 is 0 Å². The van der Waals surface area contributed by atoms with Gasteiger partial charge in [-0.3, -0.25) is 9.69 Å². The lowest BCUT2D eigenvalue weighted by Gasteiger charge is -2.27. The Morgan fingerprint density at radius 3 is 2.70 bits per heavy atom. The zero-order valence-corrected chi connectivity index (χ0v) is 17.6. The maximum absolute atomic E-state index is 12.5. The number of carbonyl (C=O) groups excluding carboxylic acids is 1. The van der Waals surface area contributed by atoms with E-state index < -0.39 is 5.41 Å². The van der Waals surface area contributed by atoms with Crippen molar-refractivity contribution in [1.29, 1.82) is 0 Å². The molecule has 0 aromatic heterocycles. The summed E-state index contributed by atoms with van der Waals surface area (Å²) in [5, 5.41) is 0. The van der Waals surface area contributed by atoms with Crippen LogP contribution in [-0.2, 0) is 16.0 Å². The molecule has 5 nitrogen and oxygen atoms in total. The standard InChI is InChI=1S/C25H30N2O3/c1-29-23-7-3-2-6-22(23)21-10-8-19(9-11-21)15-25(24(26)28)12-13-27(18-25)16-20-5-4-14-30-17-20/h2-3,5-11H,4,12-18H2,1H3,(H2,26,28). The molecule has 1 amide bonds. The van der Waals surface area contributed by atoms with E-state index in [9.17, 15) is 4.79 Å². The van der Waals surface area contributed by atoms with Crippen molar-refractivity contribution < 1.29 is 14.3 Å². The van der Waals surface area contributed by atoms with Crippen molar-refractivity contribution in [2.45, 2.75) is 19.3 Å². The Hall–Kier alpha value is -2.63. The second-order valence-corrected chi connectivity index (χ2v) is 8.38. The Labute approximate surface area is 178 Å². The van der Waals surface area contributed by atoms with Crippen LogP contribution in [0.5, 0.6) is 5.75 Å². The van der Waals surface area contributed by atoms with E-state index in [0.29, 0.717) is 19.6 Å². The van der Waals surface area contributed by atoms with Crippen molar-refractivity contribution in [2.75, 3.05) is 40.0 Å². The van der Waals surface area contributed by atoms with Gasteiger partial charge in [-0.15, -0.1) is 0 Å². The van der Waals surface area contributed by atoms with E-state index in [1.165, 1.54) is 5.57 Å². The molecule has 0 radical (unpaired) electrons. The summed E-state index contributed by atoms with van der Waals surface area (Å²) in [5.74, 6) is 0.652. The van der Waals surface area contributed by atoms with Gasteiger partial charge in [-0.2, -0.15) is 0 Å². The van der Waals surface area contributed by atoms with Gasteiger partial charge in [0, 0.05) is 18.7 Å². The van der Waals surface area contributed by atoms with E-state index in [-0.39, 0.29) is 5.91 Å². The number of likely N-dealkylation sites (tertiary alicyclic amines) is 1. The monoisotopic (exact) mass is 406 g/mol. The van der Waals surface area contributed by atoms with Crippen LogP contribution in [0.15, 0.2) is 60.2 Å². The van der Waals surface area contributed by atoms with E-state index in [1.54, 1.807) is 7.11 Å². The fourth-order valence-corrected chi connectivity index (χ4v) is 4.61. The third kappa shape index (κ3) is 4.42. The number of amides is 1. The molecule has 158 valence electrons. The normalized spacial score (nSPS) is 22.0. The molecule has 2 N–H and O–H groups in total. The van der Waals surface area contributed by atoms with Crippen molar-refractivity contribution in [3.8, 4) is 16.9 Å². The molecule has 2 aliphatic rings. The molecule has 5 heteroatoms. The van der Waals surface area contributed by atoms with Crippen LogP contribution in [0.4, 0.5) is 0 Å². The predicted octanol–water partition coefficient (Wildman–Crippen LogP) is 3.43. The summed E-state index contributed by atoms with van der Waals surface area (Å²) < 4.78 is 11.0. The molecule has 1 saturated heterocycles. The molecule has 4 rings (SSSR count). The van der Waals surface area contributed by atoms with E-state index in [1.807, 2.05) is 18.2 Å². The summed E-state index contributed by atoms with van der Waals surface area (Å²) >= 11 is 0. The number of methoxy groups -OCH3 is 1. The zero-order chi connectivity index (χ0) is 21.0. The lowest BCUT2D eigenvalue weighted by atomic mass is 9.80. The van der Waals surface area contributed by atoms with Crippen LogP contribution in [-0.4, -0.2) is 50.8 Å². The van der Waals surface area contributed by atoms with E-state index >= 15 is 0 Å². The Morgan fingerprint density at radius 2 is 2.00 bits per heavy atom. The molecule has 2 heterocycles. The molecule has 2 aromatic rings. The summed E-state index contributed by atoms with van der Waals surface area (Å²) in [6.45, 7) is 3.96. The highest BCUT2D eigenvalue weighted by atomic mass is 16.5. The Morgan fingerprint density at radius 1 is 1.20 bits per heavy atom. The van der Waals surface area contributed by atoms with Crippen molar-refractivity contribution in [3.05, 3.63) is 65.7 Å². The third-order valence-electron chi connectivity index (χ3n) is 6.28. The summed E-state index contributed by atoms with van der Waals surface area (Å²) in [6, 6.07) is 16.4. The average molecular weight is 407 g/mol. The molecule has 0 aliphatic carbocycles. The van der Waals surface area contributed by atoms with E-state index in [4.69, 9.17) is 15.2 Å². The molecule has 0 bridgehead atoms. The first-order valence-corrected chi connectivity index (χ1v) is 10.6. The summed E-state index contributed by atoms with van der Waals surface area (Å²) in [6.07, 6.45) is 4.71. The number of rotatable bonds is 7. The van der Waals surface area contributed by atoms with Crippen LogP contribution in [0.1, 0.15) is 18.4 Å². The SMILES string of the molecule is COc1ccccc1-c1ccc(CC2(C(N)=O)CCN(CC3=CCCOC3)C2)cc1. The highest BCUT2D eigenvalue weighted by Crippen LogP contribution is 2.36. The molecular formula is C25H30N2O3. The molecule has 0 spiro atoms. The van der Waals surface area contributed by atoms with Crippen LogP contribution in [0.25, 0.3) is 11.1 Å². The van der Waals surface area contributed by atoms with Crippen molar-refractivity contribution in [3.63, 3.8) is 0 Å². The van der Waals surface area contributed by atoms with Gasteiger partial charge in [0.2, 0.25) is 5.91 Å². The first-order chi connectivity index (χ1) is 14.6. The molecule has 0 saturated carbocycles. The number of para-hydroxylation sites is 1. The van der Waals surface area contributed by atoms with Crippen LogP contribution in [0, 0.1) is 5.41 Å². The molecule has 2 aromatic carbocycles. The van der Waals surface area contributed by atoms with Crippen LogP contribution in [0.3, 0.4) is 0 Å². The van der Waals surface area contributed by atoms with Gasteiger partial charge in [0.05, 0.1) is 25.7 Å². The minimum Gasteiger partial charge on any atom is -0.496 e. The number of nitrogens with two attached hydrogens (primary N) is 1. The van der Waals surface area contributed by atoms with Gasteiger partial charge in [0.1, 0.15) is 5.75 Å². The summed E-state index contributed by atoms with van der Waals surface area (Å²) in [4.78, 5) is 14.8. The Balaban J connectivity index is 1.47. The van der Waals surface area contributed by atoms with Crippen molar-refractivity contribution in [2.24, 2.45) is 11.1 Å². The second-order valence-electron chi connectivity index (χ2n) is 8.38. The number of ether oxygens (including phenoxy) is 2. The lowest BCUT2D eigenvalue weighted by Crippen LogP contribution is -2.41. The number of primary amides is 1. The maximum Gasteiger partial charge on any atom is 0.225 e. The number of hydrogen-bond acceptors (Lipinski definition) is 4. The number of hydrogen-bond donors (Lipinski definition) is 1. The number of benzene rings is 2. The Kier molecular flexibility index (Phi) is 6.21. The minimum atomic E-state index is -0.512. The second kappa shape index (κ2) is 9.02. The quantitative estimate of drug-likeness (QED) is 0.716. The third-order valence-corrected chi connectivity index (χ3v) is 6.28. The topological polar surface area (TPSA) is 64.8 Å². The largest absolute Gasteiger partial charge is 0.496 e. The molecular weight excluding hydrogens is 376 g/mol. The maximum atomic E-state index is 12.5. The van der Waals surface area contributed by atoms with E-state index in [0.717, 1.165) is 55.0 Å². The zero-order valence-electron chi connectivity index (χ0n) is 17.6. The van der Waals surface area contributed by atoms with Gasteiger partial charge in [-0.05, 0) is 48.6 Å². The first kappa shape index (κ1) is 20.6. The Bertz CT molecular complexity index is 922. The van der Waals surface area contributed by atoms with E-state index in [2.05, 4.69) is 41.3 Å². The lowest BCUT2D eigenvalue weighted by molar-refractivity contribution is -0.127. The smallest absolute Gasteiger partial charge is 0.225 e. The number of nitrogens with zero attached hydrogens (tertiary/aromatic N) is 1. The van der Waals surface area contributed by atoms with Gasteiger partial charge in [0.25, 0.3) is 0 Å². The summed E-state index contributed by atoms with van der Waals surface area (Å²) in [5.41, 5.74) is 10.0. The molecule has 30 heavy (non-hydrogen) atoms. The first-order valence-electron chi connectivity index (χ1n) is 10.6. The predicted molar refractivity (Wildman–Crippen MR) is 118 cm³/mol. The average Bonchev–Trinajstić information content (AvgIpc) is 3.19. The van der Waals surface area contributed by atoms with Crippen LogP contribution in [0.2, 0.25) is 0 Å². The van der Waals surface area contributed by atoms with Crippen molar-refractivity contribution in [1.82, 2.24) is 4.90 Å². The van der Waals surface area contributed by atoms with Gasteiger partial charge < -0.3 is 15.2 Å². The fourth-order valence-electron chi connectivity index (χ4n) is 4.61. The van der Waals surface area contributed by atoms with Gasteiger partial charge in [-0.25, -0.2) is 0 Å². The highest BCUT2D eigenvalue weighted by Gasteiger charge is 2.43. The van der Waals surface area contributed by atoms with Gasteiger partial charge in [0.15, 0.2) is 0 Å². The van der Waals surface area contributed by atoms with Gasteiger partial charge in [-0.1, -0.05) is 48.5 Å². The minimum absolute atomic E-state index is 0.201. The fraction of sp³-hybridized carbons (Fsp3) is 0.400.